The fraction of sp³-hybridized carbons (Fsp3) is 0.400. The molecule has 0 fully saturated rings. The van der Waals surface area contributed by atoms with E-state index >= 15 is 0 Å². The number of benzene rings is 1. The molecule has 0 aliphatic heterocycles. The maximum Gasteiger partial charge on any atom is 0.238 e. The van der Waals surface area contributed by atoms with Crippen LogP contribution in [0.5, 0.6) is 5.75 Å². The fourth-order valence-corrected chi connectivity index (χ4v) is 1.76. The van der Waals surface area contributed by atoms with E-state index in [0.717, 1.165) is 12.1 Å². The Morgan fingerprint density at radius 3 is 2.80 bits per heavy atom. The number of rotatable bonds is 7. The summed E-state index contributed by atoms with van der Waals surface area (Å²) >= 11 is 0. The van der Waals surface area contributed by atoms with Gasteiger partial charge in [0, 0.05) is 6.54 Å². The Balaban J connectivity index is 2.75. The second kappa shape index (κ2) is 8.20. The number of amides is 1. The van der Waals surface area contributed by atoms with Crippen LogP contribution in [0.2, 0.25) is 0 Å². The van der Waals surface area contributed by atoms with Crippen LogP contribution in [0.15, 0.2) is 18.2 Å². The molecule has 0 aromatic heterocycles. The monoisotopic (exact) mass is 275 g/mol. The van der Waals surface area contributed by atoms with Gasteiger partial charge in [0.15, 0.2) is 0 Å². The average Bonchev–Trinajstić information content (AvgIpc) is 2.38. The number of anilines is 1. The first-order chi connectivity index (χ1) is 9.56. The minimum absolute atomic E-state index is 0.152. The van der Waals surface area contributed by atoms with Gasteiger partial charge in [-0.15, -0.1) is 6.42 Å². The number of ether oxygens (including phenoxy) is 1. The van der Waals surface area contributed by atoms with E-state index in [-0.39, 0.29) is 12.5 Å². The molecule has 0 radical (unpaired) electrons. The topological polar surface area (TPSA) is 53.6 Å². The third-order valence-corrected chi connectivity index (χ3v) is 2.55. The van der Waals surface area contributed by atoms with E-state index in [1.54, 1.807) is 7.11 Å². The molecule has 0 unspecified atom stereocenters. The van der Waals surface area contributed by atoms with Crippen LogP contribution in [-0.2, 0) is 11.3 Å². The number of carbonyl (C=O) groups excluding carboxylic acids is 1. The summed E-state index contributed by atoms with van der Waals surface area (Å²) in [6.45, 7) is 1.33. The van der Waals surface area contributed by atoms with Crippen LogP contribution in [-0.4, -0.2) is 45.1 Å². The molecule has 1 aromatic carbocycles. The highest BCUT2D eigenvalue weighted by Gasteiger charge is 2.08. The average molecular weight is 275 g/mol. The summed E-state index contributed by atoms with van der Waals surface area (Å²) in [4.78, 5) is 13.8. The zero-order valence-electron chi connectivity index (χ0n) is 12.2. The number of hydrogen-bond donors (Lipinski definition) is 2. The second-order valence-corrected chi connectivity index (χ2v) is 4.63. The van der Waals surface area contributed by atoms with Crippen molar-refractivity contribution in [3.8, 4) is 18.1 Å². The number of carbonyl (C=O) groups is 1. The lowest BCUT2D eigenvalue weighted by molar-refractivity contribution is -0.115. The van der Waals surface area contributed by atoms with E-state index in [1.807, 2.05) is 32.3 Å². The lowest BCUT2D eigenvalue weighted by Crippen LogP contribution is -2.28. The standard InChI is InChI=1S/C15H21N3O2/c1-5-8-16-10-15(19)17-13-9-12(11-18(2)3)6-7-14(13)20-4/h1,6-7,9,16H,8,10-11H2,2-4H3,(H,17,19). The van der Waals surface area contributed by atoms with Crippen LogP contribution in [0.3, 0.4) is 0 Å². The van der Waals surface area contributed by atoms with Crippen LogP contribution >= 0.6 is 0 Å². The number of methoxy groups -OCH3 is 1. The molecule has 0 saturated heterocycles. The van der Waals surface area contributed by atoms with Gasteiger partial charge in [-0.2, -0.15) is 0 Å². The first-order valence-corrected chi connectivity index (χ1v) is 6.32. The minimum atomic E-state index is -0.152. The smallest absolute Gasteiger partial charge is 0.238 e. The van der Waals surface area contributed by atoms with Gasteiger partial charge in [0.1, 0.15) is 5.75 Å². The predicted molar refractivity (Wildman–Crippen MR) is 80.7 cm³/mol. The zero-order chi connectivity index (χ0) is 15.0. The highest BCUT2D eigenvalue weighted by atomic mass is 16.5. The van der Waals surface area contributed by atoms with Crippen molar-refractivity contribution >= 4 is 11.6 Å². The van der Waals surface area contributed by atoms with E-state index in [9.17, 15) is 4.79 Å². The van der Waals surface area contributed by atoms with Gasteiger partial charge in [0.2, 0.25) is 5.91 Å². The van der Waals surface area contributed by atoms with Gasteiger partial charge in [0.05, 0.1) is 25.9 Å². The molecule has 2 N–H and O–H groups in total. The highest BCUT2D eigenvalue weighted by Crippen LogP contribution is 2.25. The minimum Gasteiger partial charge on any atom is -0.495 e. The summed E-state index contributed by atoms with van der Waals surface area (Å²) < 4.78 is 5.25. The van der Waals surface area contributed by atoms with Gasteiger partial charge in [-0.25, -0.2) is 0 Å². The molecule has 5 heteroatoms. The molecule has 20 heavy (non-hydrogen) atoms. The molecular weight excluding hydrogens is 254 g/mol. The first kappa shape index (κ1) is 16.0. The Morgan fingerprint density at radius 1 is 1.45 bits per heavy atom. The molecule has 108 valence electrons. The van der Waals surface area contributed by atoms with Crippen molar-refractivity contribution in [1.29, 1.82) is 0 Å². The summed E-state index contributed by atoms with van der Waals surface area (Å²) in [6, 6.07) is 5.74. The third kappa shape index (κ3) is 5.31. The van der Waals surface area contributed by atoms with Gasteiger partial charge < -0.3 is 15.0 Å². The lowest BCUT2D eigenvalue weighted by atomic mass is 10.1. The van der Waals surface area contributed by atoms with Crippen LogP contribution in [0.4, 0.5) is 5.69 Å². The van der Waals surface area contributed by atoms with Crippen molar-refractivity contribution in [2.45, 2.75) is 6.54 Å². The SMILES string of the molecule is C#CCNCC(=O)Nc1cc(CN(C)C)ccc1OC. The Morgan fingerprint density at radius 2 is 2.20 bits per heavy atom. The van der Waals surface area contributed by atoms with Crippen LogP contribution < -0.4 is 15.4 Å². The van der Waals surface area contributed by atoms with Gasteiger partial charge >= 0.3 is 0 Å². The van der Waals surface area contributed by atoms with Crippen molar-refractivity contribution in [1.82, 2.24) is 10.2 Å². The number of nitrogens with one attached hydrogen (secondary N) is 2. The Hall–Kier alpha value is -2.03. The van der Waals surface area contributed by atoms with E-state index in [0.29, 0.717) is 18.0 Å². The Bertz CT molecular complexity index is 492. The normalized spacial score (nSPS) is 10.2. The number of nitrogens with zero attached hydrogens (tertiary/aromatic N) is 1. The first-order valence-electron chi connectivity index (χ1n) is 6.32. The van der Waals surface area contributed by atoms with E-state index < -0.39 is 0 Å². The van der Waals surface area contributed by atoms with Crippen LogP contribution in [0, 0.1) is 12.3 Å². The largest absolute Gasteiger partial charge is 0.495 e. The molecule has 0 bridgehead atoms. The maximum atomic E-state index is 11.8. The molecule has 0 spiro atoms. The summed E-state index contributed by atoms with van der Waals surface area (Å²) in [7, 11) is 5.56. The van der Waals surface area contributed by atoms with Crippen molar-refractivity contribution < 1.29 is 9.53 Å². The van der Waals surface area contributed by atoms with Gasteiger partial charge in [-0.3, -0.25) is 10.1 Å². The highest BCUT2D eigenvalue weighted by molar-refractivity contribution is 5.93. The van der Waals surface area contributed by atoms with Gasteiger partial charge in [-0.05, 0) is 31.8 Å². The lowest BCUT2D eigenvalue weighted by Gasteiger charge is -2.14. The molecule has 0 aliphatic carbocycles. The van der Waals surface area contributed by atoms with E-state index in [2.05, 4.69) is 21.5 Å². The molecule has 0 aliphatic rings. The fourth-order valence-electron chi connectivity index (χ4n) is 1.76. The summed E-state index contributed by atoms with van der Waals surface area (Å²) in [6.07, 6.45) is 5.11. The van der Waals surface area contributed by atoms with Crippen molar-refractivity contribution in [2.24, 2.45) is 0 Å². The van der Waals surface area contributed by atoms with E-state index in [4.69, 9.17) is 11.2 Å². The quantitative estimate of drug-likeness (QED) is 0.574. The zero-order valence-corrected chi connectivity index (χ0v) is 12.2. The Kier molecular flexibility index (Phi) is 6.57. The van der Waals surface area contributed by atoms with Crippen LogP contribution in [0.25, 0.3) is 0 Å². The van der Waals surface area contributed by atoms with Gasteiger partial charge in [0.25, 0.3) is 0 Å². The molecule has 0 heterocycles. The summed E-state index contributed by atoms with van der Waals surface area (Å²) in [5.74, 6) is 2.90. The summed E-state index contributed by atoms with van der Waals surface area (Å²) in [5.41, 5.74) is 1.77. The maximum absolute atomic E-state index is 11.8. The van der Waals surface area contributed by atoms with Crippen molar-refractivity contribution in [3.63, 3.8) is 0 Å². The molecule has 1 amide bonds. The number of terminal acetylenes is 1. The second-order valence-electron chi connectivity index (χ2n) is 4.63. The number of hydrogen-bond acceptors (Lipinski definition) is 4. The molecule has 1 aromatic rings. The van der Waals surface area contributed by atoms with Gasteiger partial charge in [-0.1, -0.05) is 12.0 Å². The molecule has 5 nitrogen and oxygen atoms in total. The molecule has 0 saturated carbocycles. The van der Waals surface area contributed by atoms with Crippen molar-refractivity contribution in [2.75, 3.05) is 39.6 Å². The van der Waals surface area contributed by atoms with Crippen molar-refractivity contribution in [3.05, 3.63) is 23.8 Å². The molecule has 1 rings (SSSR count). The van der Waals surface area contributed by atoms with Crippen LogP contribution in [0.1, 0.15) is 5.56 Å². The molecular formula is C15H21N3O2. The Labute approximate surface area is 120 Å². The third-order valence-electron chi connectivity index (χ3n) is 2.55. The molecule has 0 atom stereocenters. The summed E-state index contributed by atoms with van der Waals surface area (Å²) in [5, 5.41) is 5.66. The van der Waals surface area contributed by atoms with E-state index in [1.165, 1.54) is 0 Å². The predicted octanol–water partition coefficient (Wildman–Crippen LogP) is 0.918.